The smallest absolute Gasteiger partial charge is 0.138 e. The molecule has 0 N–H and O–H groups in total. The van der Waals surface area contributed by atoms with E-state index in [2.05, 4.69) is 26.0 Å². The number of halogens is 1. The van der Waals surface area contributed by atoms with Crippen molar-refractivity contribution in [3.63, 3.8) is 0 Å². The third-order valence-electron chi connectivity index (χ3n) is 3.88. The van der Waals surface area contributed by atoms with Crippen molar-refractivity contribution in [2.75, 3.05) is 13.2 Å². The Morgan fingerprint density at radius 1 is 0.783 bits per heavy atom. The van der Waals surface area contributed by atoms with Gasteiger partial charge in [0.15, 0.2) is 0 Å². The first kappa shape index (κ1) is 17.9. The van der Waals surface area contributed by atoms with Crippen LogP contribution in [0, 0.1) is 0 Å². The topological polar surface area (TPSA) is 18.5 Å². The highest BCUT2D eigenvalue weighted by Gasteiger charge is 2.06. The van der Waals surface area contributed by atoms with Crippen molar-refractivity contribution in [3.8, 4) is 11.5 Å². The van der Waals surface area contributed by atoms with E-state index in [4.69, 9.17) is 21.1 Å². The molecule has 0 unspecified atom stereocenters. The van der Waals surface area contributed by atoms with Crippen LogP contribution in [-0.2, 0) is 0 Å². The van der Waals surface area contributed by atoms with Gasteiger partial charge >= 0.3 is 0 Å². The van der Waals surface area contributed by atoms with Gasteiger partial charge in [0, 0.05) is 0 Å². The second-order valence-electron chi connectivity index (χ2n) is 5.90. The van der Waals surface area contributed by atoms with Gasteiger partial charge in [0.2, 0.25) is 0 Å². The van der Waals surface area contributed by atoms with Gasteiger partial charge < -0.3 is 9.47 Å². The second-order valence-corrected chi connectivity index (χ2v) is 6.31. The van der Waals surface area contributed by atoms with Gasteiger partial charge in [-0.05, 0) is 47.9 Å². The van der Waals surface area contributed by atoms with E-state index in [0.717, 1.165) is 41.7 Å². The molecule has 0 saturated heterocycles. The molecule has 0 aromatic heterocycles. The van der Waals surface area contributed by atoms with Gasteiger partial charge in [-0.3, -0.25) is 0 Å². The van der Waals surface area contributed by atoms with Crippen molar-refractivity contribution in [1.82, 2.24) is 0 Å². The highest BCUT2D eigenvalue weighted by molar-refractivity contribution is 6.32. The molecule has 0 bridgehead atoms. The highest BCUT2D eigenvalue weighted by atomic mass is 35.5. The number of unbranched alkanes of at least 4 members (excludes halogenated alkanes) is 4. The minimum absolute atomic E-state index is 0.672. The summed E-state index contributed by atoms with van der Waals surface area (Å²) in [5.41, 5.74) is 0. The van der Waals surface area contributed by atoms with Crippen molar-refractivity contribution >= 4 is 22.4 Å². The van der Waals surface area contributed by atoms with Crippen LogP contribution in [0.25, 0.3) is 10.8 Å². The summed E-state index contributed by atoms with van der Waals surface area (Å²) in [5, 5.41) is 2.88. The Hall–Kier alpha value is -1.41. The highest BCUT2D eigenvalue weighted by Crippen LogP contribution is 2.32. The van der Waals surface area contributed by atoms with E-state index >= 15 is 0 Å². The van der Waals surface area contributed by atoms with Gasteiger partial charge in [-0.2, -0.15) is 0 Å². The third kappa shape index (κ3) is 5.62. The molecule has 0 radical (unpaired) electrons. The standard InChI is InChI=1S/C20H27ClO2/c1-3-5-7-11-22-18-10-9-16-14-19(21)20(15-17(16)13-18)23-12-8-6-4-2/h9-10,13-15H,3-8,11-12H2,1-2H3. The van der Waals surface area contributed by atoms with Crippen LogP contribution in [0.4, 0.5) is 0 Å². The van der Waals surface area contributed by atoms with Crippen molar-refractivity contribution in [2.45, 2.75) is 52.4 Å². The Morgan fingerprint density at radius 2 is 1.48 bits per heavy atom. The zero-order valence-electron chi connectivity index (χ0n) is 14.2. The summed E-state index contributed by atoms with van der Waals surface area (Å²) in [6, 6.07) is 10.1. The van der Waals surface area contributed by atoms with Crippen LogP contribution in [0.15, 0.2) is 30.3 Å². The summed E-state index contributed by atoms with van der Waals surface area (Å²) in [6.07, 6.45) is 6.94. The molecule has 0 aliphatic carbocycles. The van der Waals surface area contributed by atoms with Crippen molar-refractivity contribution in [2.24, 2.45) is 0 Å². The van der Waals surface area contributed by atoms with E-state index in [1.807, 2.05) is 18.2 Å². The maximum Gasteiger partial charge on any atom is 0.138 e. The number of rotatable bonds is 10. The minimum Gasteiger partial charge on any atom is -0.494 e. The largest absolute Gasteiger partial charge is 0.494 e. The van der Waals surface area contributed by atoms with E-state index in [0.29, 0.717) is 11.6 Å². The fourth-order valence-corrected chi connectivity index (χ4v) is 2.73. The maximum atomic E-state index is 6.32. The quantitative estimate of drug-likeness (QED) is 0.454. The van der Waals surface area contributed by atoms with Crippen LogP contribution < -0.4 is 9.47 Å². The molecule has 2 rings (SSSR count). The molecule has 0 amide bonds. The van der Waals surface area contributed by atoms with Gasteiger partial charge in [0.05, 0.1) is 18.2 Å². The molecule has 126 valence electrons. The van der Waals surface area contributed by atoms with Gasteiger partial charge in [-0.15, -0.1) is 0 Å². The number of benzene rings is 2. The van der Waals surface area contributed by atoms with Crippen LogP contribution >= 0.6 is 11.6 Å². The first-order valence-corrected chi connectivity index (χ1v) is 9.11. The Labute approximate surface area is 144 Å². The monoisotopic (exact) mass is 334 g/mol. The molecule has 0 aliphatic rings. The summed E-state index contributed by atoms with van der Waals surface area (Å²) in [5.74, 6) is 1.67. The Morgan fingerprint density at radius 3 is 2.17 bits per heavy atom. The van der Waals surface area contributed by atoms with Crippen LogP contribution in [0.5, 0.6) is 11.5 Å². The fourth-order valence-electron chi connectivity index (χ4n) is 2.50. The first-order chi connectivity index (χ1) is 11.2. The third-order valence-corrected chi connectivity index (χ3v) is 4.18. The van der Waals surface area contributed by atoms with Crippen LogP contribution in [-0.4, -0.2) is 13.2 Å². The molecule has 2 aromatic rings. The van der Waals surface area contributed by atoms with Gasteiger partial charge in [-0.25, -0.2) is 0 Å². The summed E-state index contributed by atoms with van der Waals surface area (Å²) in [4.78, 5) is 0. The number of hydrogen-bond acceptors (Lipinski definition) is 2. The Kier molecular flexibility index (Phi) is 7.54. The second kappa shape index (κ2) is 9.67. The van der Waals surface area contributed by atoms with Gasteiger partial charge in [0.25, 0.3) is 0 Å². The molecule has 0 spiro atoms. The zero-order valence-corrected chi connectivity index (χ0v) is 15.0. The van der Waals surface area contributed by atoms with E-state index in [-0.39, 0.29) is 0 Å². The lowest BCUT2D eigenvalue weighted by Gasteiger charge is -2.11. The van der Waals surface area contributed by atoms with Crippen molar-refractivity contribution in [1.29, 1.82) is 0 Å². The first-order valence-electron chi connectivity index (χ1n) is 8.73. The predicted octanol–water partition coefficient (Wildman–Crippen LogP) is 6.63. The summed E-state index contributed by atoms with van der Waals surface area (Å²) >= 11 is 6.32. The van der Waals surface area contributed by atoms with E-state index in [9.17, 15) is 0 Å². The molecule has 0 heterocycles. The lowest BCUT2D eigenvalue weighted by molar-refractivity contribution is 0.306. The lowest BCUT2D eigenvalue weighted by atomic mass is 10.1. The summed E-state index contributed by atoms with van der Waals surface area (Å²) in [7, 11) is 0. The van der Waals surface area contributed by atoms with Gasteiger partial charge in [-0.1, -0.05) is 57.2 Å². The molecule has 2 aromatic carbocycles. The van der Waals surface area contributed by atoms with Crippen LogP contribution in [0.2, 0.25) is 5.02 Å². The maximum absolute atomic E-state index is 6.32. The van der Waals surface area contributed by atoms with Gasteiger partial charge in [0.1, 0.15) is 11.5 Å². The molecular formula is C20H27ClO2. The predicted molar refractivity (Wildman–Crippen MR) is 99.0 cm³/mol. The molecule has 0 fully saturated rings. The fraction of sp³-hybridized carbons (Fsp3) is 0.500. The van der Waals surface area contributed by atoms with E-state index in [1.165, 1.54) is 25.7 Å². The molecule has 0 saturated carbocycles. The molecule has 0 atom stereocenters. The summed E-state index contributed by atoms with van der Waals surface area (Å²) in [6.45, 7) is 5.87. The van der Waals surface area contributed by atoms with E-state index in [1.54, 1.807) is 0 Å². The number of fused-ring (bicyclic) bond motifs is 1. The average Bonchev–Trinajstić information content (AvgIpc) is 2.56. The normalized spacial score (nSPS) is 10.9. The molecule has 23 heavy (non-hydrogen) atoms. The average molecular weight is 335 g/mol. The number of hydrogen-bond donors (Lipinski definition) is 0. The Bertz CT molecular complexity index is 610. The SMILES string of the molecule is CCCCCOc1ccc2cc(Cl)c(OCCCCC)cc2c1. The summed E-state index contributed by atoms with van der Waals surface area (Å²) < 4.78 is 11.7. The van der Waals surface area contributed by atoms with Crippen molar-refractivity contribution < 1.29 is 9.47 Å². The van der Waals surface area contributed by atoms with E-state index < -0.39 is 0 Å². The zero-order chi connectivity index (χ0) is 16.5. The van der Waals surface area contributed by atoms with Crippen LogP contribution in [0.3, 0.4) is 0 Å². The molecule has 0 aliphatic heterocycles. The Balaban J connectivity index is 2.05. The number of ether oxygens (including phenoxy) is 2. The lowest BCUT2D eigenvalue weighted by Crippen LogP contribution is -1.98. The van der Waals surface area contributed by atoms with Crippen LogP contribution in [0.1, 0.15) is 52.4 Å². The molecule has 3 heteroatoms. The molecular weight excluding hydrogens is 308 g/mol. The van der Waals surface area contributed by atoms with Crippen molar-refractivity contribution in [3.05, 3.63) is 35.4 Å². The molecule has 2 nitrogen and oxygen atoms in total. The minimum atomic E-state index is 0.672.